The molecule has 0 saturated heterocycles. The number of ether oxygens (including phenoxy) is 1. The van der Waals surface area contributed by atoms with Crippen LogP contribution in [0.5, 0.6) is 0 Å². The van der Waals surface area contributed by atoms with Crippen molar-refractivity contribution in [3.63, 3.8) is 0 Å². The van der Waals surface area contributed by atoms with Crippen LogP contribution in [0.1, 0.15) is 0 Å². The number of nitrogens with one attached hydrogen (secondary N) is 1. The van der Waals surface area contributed by atoms with Gasteiger partial charge < -0.3 is 4.74 Å². The molecule has 0 saturated carbocycles. The third-order valence-corrected chi connectivity index (χ3v) is 2.75. The quantitative estimate of drug-likeness (QED) is 0.772. The summed E-state index contributed by atoms with van der Waals surface area (Å²) >= 11 is 5.46. The van der Waals surface area contributed by atoms with E-state index < -0.39 is 21.7 Å². The van der Waals surface area contributed by atoms with Crippen LogP contribution in [0.2, 0.25) is 5.15 Å². The lowest BCUT2D eigenvalue weighted by molar-refractivity contribution is -0.137. The van der Waals surface area contributed by atoms with Crippen molar-refractivity contribution in [3.05, 3.63) is 17.5 Å². The zero-order valence-corrected chi connectivity index (χ0v) is 9.75. The lowest BCUT2D eigenvalue weighted by Crippen LogP contribution is -2.24. The van der Waals surface area contributed by atoms with Crippen molar-refractivity contribution in [1.29, 1.82) is 0 Å². The molecule has 7 nitrogen and oxygen atoms in total. The molecule has 1 heterocycles. The van der Waals surface area contributed by atoms with Crippen molar-refractivity contribution in [2.45, 2.75) is 0 Å². The summed E-state index contributed by atoms with van der Waals surface area (Å²) in [7, 11) is -2.73. The first-order chi connectivity index (χ1) is 7.43. The van der Waals surface area contributed by atoms with Gasteiger partial charge in [-0.25, -0.2) is 18.4 Å². The van der Waals surface area contributed by atoms with Gasteiger partial charge in [-0.1, -0.05) is 11.6 Å². The van der Waals surface area contributed by atoms with Crippen LogP contribution in [-0.2, 0) is 19.6 Å². The fourth-order valence-electron chi connectivity index (χ4n) is 0.774. The highest BCUT2D eigenvalue weighted by molar-refractivity contribution is 7.93. The van der Waals surface area contributed by atoms with E-state index in [-0.39, 0.29) is 11.0 Å². The Morgan fingerprint density at radius 3 is 2.69 bits per heavy atom. The summed E-state index contributed by atoms with van der Waals surface area (Å²) in [6.45, 7) is 0. The molecule has 1 aromatic rings. The van der Waals surface area contributed by atoms with Gasteiger partial charge in [-0.2, -0.15) is 0 Å². The molecule has 0 amide bonds. The van der Waals surface area contributed by atoms with Crippen molar-refractivity contribution in [3.8, 4) is 0 Å². The average molecular weight is 266 g/mol. The number of halogens is 1. The molecule has 1 aromatic heterocycles. The number of nitrogens with zero attached hydrogens (tertiary/aromatic N) is 2. The minimum Gasteiger partial charge on any atom is -0.468 e. The molecule has 0 aromatic carbocycles. The van der Waals surface area contributed by atoms with Crippen molar-refractivity contribution in [1.82, 2.24) is 9.97 Å². The second kappa shape index (κ2) is 5.08. The number of methoxy groups -OCH3 is 1. The SMILES string of the molecule is COC(=O)CS(=O)(=O)Nc1cnc(Cl)cn1. The van der Waals surface area contributed by atoms with Crippen molar-refractivity contribution < 1.29 is 17.9 Å². The van der Waals surface area contributed by atoms with Crippen LogP contribution < -0.4 is 4.72 Å². The third kappa shape index (κ3) is 3.99. The third-order valence-electron chi connectivity index (χ3n) is 1.42. The second-order valence-electron chi connectivity index (χ2n) is 2.66. The molecule has 0 atom stereocenters. The molecule has 0 aliphatic carbocycles. The average Bonchev–Trinajstić information content (AvgIpc) is 2.20. The standard InChI is InChI=1S/C7H8ClN3O4S/c1-15-7(12)4-16(13,14)11-6-3-9-5(8)2-10-6/h2-3H,4H2,1H3,(H,10,11). The molecule has 0 fully saturated rings. The van der Waals surface area contributed by atoms with Crippen LogP contribution in [0.15, 0.2) is 12.4 Å². The summed E-state index contributed by atoms with van der Waals surface area (Å²) in [6.07, 6.45) is 2.31. The molecule has 1 N–H and O–H groups in total. The topological polar surface area (TPSA) is 98.2 Å². The number of anilines is 1. The van der Waals surface area contributed by atoms with Gasteiger partial charge in [0.2, 0.25) is 10.0 Å². The van der Waals surface area contributed by atoms with E-state index >= 15 is 0 Å². The highest BCUT2D eigenvalue weighted by Gasteiger charge is 2.17. The minimum atomic E-state index is -3.83. The maximum Gasteiger partial charge on any atom is 0.322 e. The van der Waals surface area contributed by atoms with Gasteiger partial charge >= 0.3 is 5.97 Å². The minimum absolute atomic E-state index is 0.0201. The van der Waals surface area contributed by atoms with Gasteiger partial charge in [0.05, 0.1) is 19.5 Å². The van der Waals surface area contributed by atoms with E-state index in [9.17, 15) is 13.2 Å². The first-order valence-electron chi connectivity index (χ1n) is 3.98. The number of esters is 1. The zero-order valence-electron chi connectivity index (χ0n) is 8.18. The highest BCUT2D eigenvalue weighted by Crippen LogP contribution is 2.07. The van der Waals surface area contributed by atoms with Gasteiger partial charge in [-0.3, -0.25) is 9.52 Å². The Balaban J connectivity index is 2.73. The van der Waals surface area contributed by atoms with E-state index in [2.05, 4.69) is 14.7 Å². The van der Waals surface area contributed by atoms with E-state index in [1.807, 2.05) is 4.72 Å². The smallest absolute Gasteiger partial charge is 0.322 e. The molecule has 1 rings (SSSR count). The molecule has 9 heteroatoms. The van der Waals surface area contributed by atoms with E-state index in [0.29, 0.717) is 0 Å². The Kier molecular flexibility index (Phi) is 4.02. The Bertz CT molecular complexity index is 473. The normalized spacial score (nSPS) is 10.9. The van der Waals surface area contributed by atoms with E-state index in [1.165, 1.54) is 6.20 Å². The molecular formula is C7H8ClN3O4S. The maximum absolute atomic E-state index is 11.3. The van der Waals surface area contributed by atoms with Crippen LogP contribution in [-0.4, -0.2) is 37.2 Å². The van der Waals surface area contributed by atoms with Gasteiger partial charge in [0, 0.05) is 0 Å². The first kappa shape index (κ1) is 12.7. The van der Waals surface area contributed by atoms with Crippen LogP contribution in [0, 0.1) is 0 Å². The predicted molar refractivity (Wildman–Crippen MR) is 56.5 cm³/mol. The molecular weight excluding hydrogens is 258 g/mol. The number of rotatable bonds is 4. The molecule has 88 valence electrons. The van der Waals surface area contributed by atoms with Gasteiger partial charge in [0.15, 0.2) is 11.6 Å². The number of hydrogen-bond acceptors (Lipinski definition) is 6. The first-order valence-corrected chi connectivity index (χ1v) is 6.01. The number of carbonyl (C=O) groups excluding carboxylic acids is 1. The van der Waals surface area contributed by atoms with E-state index in [1.54, 1.807) is 0 Å². The largest absolute Gasteiger partial charge is 0.468 e. The molecule has 0 unspecified atom stereocenters. The Morgan fingerprint density at radius 2 is 2.19 bits per heavy atom. The Labute approximate surface area is 96.9 Å². The summed E-state index contributed by atoms with van der Waals surface area (Å²) < 4.78 is 29.0. The van der Waals surface area contributed by atoms with Crippen molar-refractivity contribution in [2.24, 2.45) is 0 Å². The van der Waals surface area contributed by atoms with Gasteiger partial charge in [-0.05, 0) is 0 Å². The molecule has 16 heavy (non-hydrogen) atoms. The summed E-state index contributed by atoms with van der Waals surface area (Å²) in [5, 5.41) is 0.135. The van der Waals surface area contributed by atoms with Gasteiger partial charge in [0.25, 0.3) is 0 Å². The molecule has 0 aliphatic heterocycles. The monoisotopic (exact) mass is 265 g/mol. The zero-order chi connectivity index (χ0) is 12.2. The van der Waals surface area contributed by atoms with Crippen molar-refractivity contribution >= 4 is 33.4 Å². The fourth-order valence-corrected chi connectivity index (χ4v) is 1.80. The number of aromatic nitrogens is 2. The molecule has 0 radical (unpaired) electrons. The van der Waals surface area contributed by atoms with E-state index in [4.69, 9.17) is 11.6 Å². The molecule has 0 aliphatic rings. The van der Waals surface area contributed by atoms with Gasteiger partial charge in [0.1, 0.15) is 5.15 Å². The number of hydrogen-bond donors (Lipinski definition) is 1. The Morgan fingerprint density at radius 1 is 1.50 bits per heavy atom. The molecule has 0 spiro atoms. The summed E-state index contributed by atoms with van der Waals surface area (Å²) in [5.41, 5.74) is 0. The van der Waals surface area contributed by atoms with Crippen LogP contribution in [0.25, 0.3) is 0 Å². The highest BCUT2D eigenvalue weighted by atomic mass is 35.5. The van der Waals surface area contributed by atoms with Crippen LogP contribution in [0.4, 0.5) is 5.82 Å². The summed E-state index contributed by atoms with van der Waals surface area (Å²) in [6, 6.07) is 0. The van der Waals surface area contributed by atoms with Gasteiger partial charge in [-0.15, -0.1) is 0 Å². The Hall–Kier alpha value is -1.41. The van der Waals surface area contributed by atoms with Crippen molar-refractivity contribution in [2.75, 3.05) is 17.6 Å². The predicted octanol–water partition coefficient (Wildman–Crippen LogP) is 0.0447. The fraction of sp³-hybridized carbons (Fsp3) is 0.286. The van der Waals surface area contributed by atoms with Crippen LogP contribution >= 0.6 is 11.6 Å². The number of sulfonamides is 1. The lowest BCUT2D eigenvalue weighted by atomic mass is 10.7. The van der Waals surface area contributed by atoms with Crippen LogP contribution in [0.3, 0.4) is 0 Å². The van der Waals surface area contributed by atoms with E-state index in [0.717, 1.165) is 13.3 Å². The maximum atomic E-state index is 11.3. The number of carbonyl (C=O) groups is 1. The molecule has 0 bridgehead atoms. The summed E-state index contributed by atoms with van der Waals surface area (Å²) in [4.78, 5) is 18.1. The second-order valence-corrected chi connectivity index (χ2v) is 4.77. The lowest BCUT2D eigenvalue weighted by Gasteiger charge is -2.05. The summed E-state index contributed by atoms with van der Waals surface area (Å²) in [5.74, 6) is -1.67.